The van der Waals surface area contributed by atoms with Gasteiger partial charge in [0.25, 0.3) is 0 Å². The first-order valence-electron chi connectivity index (χ1n) is 4.98. The summed E-state index contributed by atoms with van der Waals surface area (Å²) >= 11 is 5.89. The summed E-state index contributed by atoms with van der Waals surface area (Å²) in [5.41, 5.74) is 0.788. The van der Waals surface area contributed by atoms with E-state index in [-0.39, 0.29) is 0 Å². The van der Waals surface area contributed by atoms with E-state index in [1.165, 1.54) is 0 Å². The normalized spacial score (nSPS) is 10.5. The van der Waals surface area contributed by atoms with Crippen LogP contribution in [0.1, 0.15) is 5.82 Å². The summed E-state index contributed by atoms with van der Waals surface area (Å²) in [5.74, 6) is 1.87. The molecule has 1 aromatic carbocycles. The Morgan fingerprint density at radius 3 is 2.88 bits per heavy atom. The molecule has 6 heteroatoms. The van der Waals surface area contributed by atoms with Crippen molar-refractivity contribution in [3.63, 3.8) is 0 Å². The first kappa shape index (κ1) is 11.9. The Morgan fingerprint density at radius 2 is 2.18 bits per heavy atom. The third-order valence-electron chi connectivity index (χ3n) is 2.22. The Kier molecular flexibility index (Phi) is 3.61. The summed E-state index contributed by atoms with van der Waals surface area (Å²) in [6.07, 6.45) is 0. The molecule has 17 heavy (non-hydrogen) atoms. The van der Waals surface area contributed by atoms with Gasteiger partial charge >= 0.3 is 0 Å². The molecule has 0 bridgehead atoms. The topological polar surface area (TPSA) is 60.0 Å². The lowest BCUT2D eigenvalue weighted by atomic mass is 10.2. The summed E-state index contributed by atoms with van der Waals surface area (Å²) in [4.78, 5) is 4.29. The van der Waals surface area contributed by atoms with E-state index in [0.29, 0.717) is 29.0 Å². The zero-order valence-electron chi connectivity index (χ0n) is 9.53. The molecule has 0 saturated carbocycles. The third-order valence-corrected chi connectivity index (χ3v) is 2.45. The fourth-order valence-electron chi connectivity index (χ4n) is 1.47. The van der Waals surface area contributed by atoms with E-state index in [2.05, 4.69) is 15.2 Å². The first-order chi connectivity index (χ1) is 8.24. The van der Waals surface area contributed by atoms with Gasteiger partial charge < -0.3 is 9.47 Å². The van der Waals surface area contributed by atoms with Crippen LogP contribution in [0.3, 0.4) is 0 Å². The van der Waals surface area contributed by atoms with Gasteiger partial charge in [0, 0.05) is 12.1 Å². The van der Waals surface area contributed by atoms with Gasteiger partial charge in [-0.25, -0.2) is 4.98 Å². The van der Waals surface area contributed by atoms with Gasteiger partial charge in [0.1, 0.15) is 12.4 Å². The molecule has 0 atom stereocenters. The van der Waals surface area contributed by atoms with E-state index < -0.39 is 0 Å². The molecule has 0 amide bonds. The molecule has 1 heterocycles. The average molecular weight is 254 g/mol. The molecule has 0 saturated heterocycles. The van der Waals surface area contributed by atoms with Gasteiger partial charge in [-0.15, -0.1) is 0 Å². The molecule has 90 valence electrons. The second-order valence-corrected chi connectivity index (χ2v) is 3.82. The number of nitrogens with one attached hydrogen (secondary N) is 1. The molecule has 0 aliphatic heterocycles. The molecule has 0 radical (unpaired) electrons. The fourth-order valence-corrected chi connectivity index (χ4v) is 1.63. The molecule has 0 fully saturated rings. The van der Waals surface area contributed by atoms with Gasteiger partial charge in [0.05, 0.1) is 12.7 Å². The Balaban J connectivity index is 2.37. The maximum absolute atomic E-state index is 5.89. The van der Waals surface area contributed by atoms with Crippen molar-refractivity contribution in [3.05, 3.63) is 29.0 Å². The van der Waals surface area contributed by atoms with E-state index in [0.717, 1.165) is 5.56 Å². The molecule has 0 aliphatic rings. The monoisotopic (exact) mass is 253 g/mol. The van der Waals surface area contributed by atoms with E-state index in [4.69, 9.17) is 21.1 Å². The quantitative estimate of drug-likeness (QED) is 0.908. The minimum atomic E-state index is 0.392. The van der Waals surface area contributed by atoms with Crippen LogP contribution in [0.4, 0.5) is 0 Å². The minimum absolute atomic E-state index is 0.392. The number of hydrogen-bond donors (Lipinski definition) is 1. The van der Waals surface area contributed by atoms with Gasteiger partial charge in [-0.3, -0.25) is 5.10 Å². The summed E-state index contributed by atoms with van der Waals surface area (Å²) in [6, 6.07) is 5.32. The number of methoxy groups -OCH3 is 2. The summed E-state index contributed by atoms with van der Waals surface area (Å²) in [6.45, 7) is 0.392. The van der Waals surface area contributed by atoms with Crippen molar-refractivity contribution < 1.29 is 9.47 Å². The lowest BCUT2D eigenvalue weighted by molar-refractivity contribution is 0.178. The van der Waals surface area contributed by atoms with Gasteiger partial charge in [-0.1, -0.05) is 11.6 Å². The number of nitrogens with zero attached hydrogens (tertiary/aromatic N) is 2. The first-order valence-corrected chi connectivity index (χ1v) is 5.36. The number of aromatic amines is 1. The SMILES string of the molecule is COCc1nc(-c2ccc(Cl)cc2OC)n[nH]1. The van der Waals surface area contributed by atoms with Crippen molar-refractivity contribution in [1.82, 2.24) is 15.2 Å². The minimum Gasteiger partial charge on any atom is -0.496 e. The van der Waals surface area contributed by atoms with Crippen molar-refractivity contribution >= 4 is 11.6 Å². The van der Waals surface area contributed by atoms with E-state index >= 15 is 0 Å². The molecule has 1 aromatic heterocycles. The van der Waals surface area contributed by atoms with E-state index in [1.54, 1.807) is 26.4 Å². The van der Waals surface area contributed by atoms with Crippen LogP contribution in [0.25, 0.3) is 11.4 Å². The third kappa shape index (κ3) is 2.57. The Bertz CT molecular complexity index is 513. The van der Waals surface area contributed by atoms with Crippen LogP contribution in [0, 0.1) is 0 Å². The fraction of sp³-hybridized carbons (Fsp3) is 0.273. The Labute approximate surface area is 104 Å². The van der Waals surface area contributed by atoms with E-state index in [9.17, 15) is 0 Å². The van der Waals surface area contributed by atoms with Crippen molar-refractivity contribution in [2.24, 2.45) is 0 Å². The highest BCUT2D eigenvalue weighted by molar-refractivity contribution is 6.30. The van der Waals surface area contributed by atoms with E-state index in [1.807, 2.05) is 6.07 Å². The Morgan fingerprint density at radius 1 is 1.35 bits per heavy atom. The summed E-state index contributed by atoms with van der Waals surface area (Å²) in [5, 5.41) is 7.51. The van der Waals surface area contributed by atoms with Crippen LogP contribution in [0.2, 0.25) is 5.02 Å². The molecule has 5 nitrogen and oxygen atoms in total. The van der Waals surface area contributed by atoms with Crippen LogP contribution in [-0.2, 0) is 11.3 Å². The second kappa shape index (κ2) is 5.16. The molecule has 0 spiro atoms. The molecule has 2 rings (SSSR count). The maximum atomic E-state index is 5.89. The predicted octanol–water partition coefficient (Wildman–Crippen LogP) is 2.28. The van der Waals surface area contributed by atoms with Gasteiger partial charge in [-0.05, 0) is 18.2 Å². The highest BCUT2D eigenvalue weighted by Gasteiger charge is 2.11. The smallest absolute Gasteiger partial charge is 0.184 e. The molecular formula is C11H12ClN3O2. The van der Waals surface area contributed by atoms with Crippen molar-refractivity contribution in [1.29, 1.82) is 0 Å². The highest BCUT2D eigenvalue weighted by Crippen LogP contribution is 2.30. The molecule has 0 aliphatic carbocycles. The highest BCUT2D eigenvalue weighted by atomic mass is 35.5. The van der Waals surface area contributed by atoms with Crippen molar-refractivity contribution in [2.75, 3.05) is 14.2 Å². The number of hydrogen-bond acceptors (Lipinski definition) is 4. The molecule has 0 unspecified atom stereocenters. The van der Waals surface area contributed by atoms with Crippen LogP contribution < -0.4 is 4.74 Å². The number of ether oxygens (including phenoxy) is 2. The van der Waals surface area contributed by atoms with Gasteiger partial charge in [0.15, 0.2) is 11.6 Å². The number of benzene rings is 1. The van der Waals surface area contributed by atoms with Gasteiger partial charge in [0.2, 0.25) is 0 Å². The van der Waals surface area contributed by atoms with Crippen LogP contribution in [-0.4, -0.2) is 29.4 Å². The molecule has 1 N–H and O–H groups in total. The number of aromatic nitrogens is 3. The van der Waals surface area contributed by atoms with Crippen LogP contribution >= 0.6 is 11.6 Å². The number of halogens is 1. The second-order valence-electron chi connectivity index (χ2n) is 3.38. The van der Waals surface area contributed by atoms with Crippen LogP contribution in [0.5, 0.6) is 5.75 Å². The van der Waals surface area contributed by atoms with Crippen LogP contribution in [0.15, 0.2) is 18.2 Å². The Hall–Kier alpha value is -1.59. The number of rotatable bonds is 4. The van der Waals surface area contributed by atoms with Crippen molar-refractivity contribution in [3.8, 4) is 17.1 Å². The summed E-state index contributed by atoms with van der Waals surface area (Å²) < 4.78 is 10.2. The zero-order valence-corrected chi connectivity index (χ0v) is 10.3. The average Bonchev–Trinajstić information content (AvgIpc) is 2.78. The lowest BCUT2D eigenvalue weighted by Crippen LogP contribution is -1.91. The van der Waals surface area contributed by atoms with Crippen molar-refractivity contribution in [2.45, 2.75) is 6.61 Å². The predicted molar refractivity (Wildman–Crippen MR) is 64.1 cm³/mol. The lowest BCUT2D eigenvalue weighted by Gasteiger charge is -2.05. The zero-order chi connectivity index (χ0) is 12.3. The number of H-pyrrole nitrogens is 1. The standard InChI is InChI=1S/C11H12ClN3O2/c1-16-6-10-13-11(15-14-10)8-4-3-7(12)5-9(8)17-2/h3-5H,6H2,1-2H3,(H,13,14,15). The molecule has 2 aromatic rings. The molecular weight excluding hydrogens is 242 g/mol. The largest absolute Gasteiger partial charge is 0.496 e. The summed E-state index contributed by atoms with van der Waals surface area (Å²) in [7, 11) is 3.18. The maximum Gasteiger partial charge on any atom is 0.184 e. The van der Waals surface area contributed by atoms with Gasteiger partial charge in [-0.2, -0.15) is 5.10 Å².